The Kier molecular flexibility index (Phi) is 8.99. The number of likely N-dealkylation sites (tertiary alicyclic amines) is 1. The number of aliphatic hydroxyl groups excluding tert-OH is 1. The Morgan fingerprint density at radius 3 is 2.86 bits per heavy atom. The number of rotatable bonds is 8. The summed E-state index contributed by atoms with van der Waals surface area (Å²) in [7, 11) is 1.60. The molecule has 1 fully saturated rings. The molecule has 0 saturated carbocycles. The van der Waals surface area contributed by atoms with Gasteiger partial charge in [-0.2, -0.15) is 0 Å². The van der Waals surface area contributed by atoms with Crippen molar-refractivity contribution in [1.29, 1.82) is 0 Å². The van der Waals surface area contributed by atoms with Crippen LogP contribution in [0.3, 0.4) is 0 Å². The van der Waals surface area contributed by atoms with Gasteiger partial charge >= 0.3 is 5.97 Å². The van der Waals surface area contributed by atoms with Crippen LogP contribution in [0.25, 0.3) is 10.9 Å². The van der Waals surface area contributed by atoms with Gasteiger partial charge in [0.15, 0.2) is 0 Å². The van der Waals surface area contributed by atoms with Gasteiger partial charge in [-0.25, -0.2) is 4.39 Å². The predicted octanol–water partition coefficient (Wildman–Crippen LogP) is 5.31. The van der Waals surface area contributed by atoms with Crippen LogP contribution in [0.5, 0.6) is 5.75 Å². The van der Waals surface area contributed by atoms with Gasteiger partial charge in [-0.3, -0.25) is 14.7 Å². The van der Waals surface area contributed by atoms with E-state index in [9.17, 15) is 19.4 Å². The smallest absolute Gasteiger partial charge is 0.303 e. The fourth-order valence-corrected chi connectivity index (χ4v) is 5.28. The summed E-state index contributed by atoms with van der Waals surface area (Å²) in [5, 5.41) is 21.7. The second-order valence-electron chi connectivity index (χ2n) is 9.44. The molecule has 0 spiro atoms. The molecule has 2 heterocycles. The number of carboxylic acid groups (broad SMARTS) is 1. The van der Waals surface area contributed by atoms with Crippen LogP contribution >= 0.6 is 11.6 Å². The molecule has 0 radical (unpaired) electrons. The number of aromatic nitrogens is 1. The van der Waals surface area contributed by atoms with Crippen LogP contribution in [0.4, 0.5) is 4.39 Å². The van der Waals surface area contributed by atoms with E-state index in [0.29, 0.717) is 30.8 Å². The molecule has 0 aliphatic carbocycles. The highest BCUT2D eigenvalue weighted by Crippen LogP contribution is 2.34. The van der Waals surface area contributed by atoms with E-state index in [1.807, 2.05) is 24.3 Å². The highest BCUT2D eigenvalue weighted by Gasteiger charge is 2.31. The minimum atomic E-state index is -0.825. The number of carboxylic acids is 1. The van der Waals surface area contributed by atoms with Crippen molar-refractivity contribution in [1.82, 2.24) is 9.88 Å². The number of hydrogen-bond acceptors (Lipinski definition) is 5. The van der Waals surface area contributed by atoms with E-state index >= 15 is 0 Å². The van der Waals surface area contributed by atoms with E-state index in [1.54, 1.807) is 19.4 Å². The summed E-state index contributed by atoms with van der Waals surface area (Å²) in [5.41, 5.74) is 2.15. The number of fused-ring (bicyclic) bond motifs is 1. The van der Waals surface area contributed by atoms with Crippen LogP contribution in [-0.4, -0.2) is 52.8 Å². The van der Waals surface area contributed by atoms with Crippen molar-refractivity contribution in [3.8, 4) is 17.6 Å². The molecule has 6 nitrogen and oxygen atoms in total. The lowest BCUT2D eigenvalue weighted by atomic mass is 9.79. The van der Waals surface area contributed by atoms with E-state index in [0.717, 1.165) is 35.9 Å². The summed E-state index contributed by atoms with van der Waals surface area (Å²) in [6.45, 7) is 1.89. The maximum atomic E-state index is 13.2. The Labute approximate surface area is 221 Å². The molecule has 1 unspecified atom stereocenters. The Balaban J connectivity index is 1.39. The summed E-state index contributed by atoms with van der Waals surface area (Å²) in [6.07, 6.45) is 3.15. The molecule has 1 aliphatic rings. The van der Waals surface area contributed by atoms with Crippen LogP contribution in [-0.2, 0) is 4.79 Å². The molecule has 3 aromatic rings. The summed E-state index contributed by atoms with van der Waals surface area (Å²) < 4.78 is 18.6. The SMILES string of the molecule is COc1ccc2nccc(C(O)CC[C@@H]3CCN(CC#Cc4ccc(F)cc4Cl)C[C@@H]3CC(=O)O)c2c1. The standard InChI is InChI=1S/C29H30ClFN2O4/c1-37-23-7-8-27-25(17-23)24(10-12-32-27)28(34)9-5-19-11-14-33(18-21(19)15-29(35)36)13-2-3-20-4-6-22(31)16-26(20)30/h4,6-8,10,12,16-17,19,21,28,34H,5,9,11,13-15,18H2,1H3,(H,35,36)/t19-,21+,28?/m1/s1. The van der Waals surface area contributed by atoms with Gasteiger partial charge < -0.3 is 14.9 Å². The fourth-order valence-electron chi connectivity index (χ4n) is 5.06. The van der Waals surface area contributed by atoms with Gasteiger partial charge in [-0.1, -0.05) is 23.4 Å². The maximum absolute atomic E-state index is 13.2. The molecule has 194 valence electrons. The number of halogens is 2. The number of piperidine rings is 1. The summed E-state index contributed by atoms with van der Waals surface area (Å²) in [5.74, 6) is 5.68. The molecule has 0 bridgehead atoms. The van der Waals surface area contributed by atoms with Crippen LogP contribution in [0, 0.1) is 29.5 Å². The zero-order valence-corrected chi connectivity index (χ0v) is 21.4. The molecule has 1 aromatic heterocycles. The minimum absolute atomic E-state index is 0.0380. The number of carbonyl (C=O) groups is 1. The van der Waals surface area contributed by atoms with Gasteiger partial charge in [-0.15, -0.1) is 0 Å². The van der Waals surface area contributed by atoms with Crippen molar-refractivity contribution >= 4 is 28.5 Å². The van der Waals surface area contributed by atoms with Crippen LogP contribution in [0.15, 0.2) is 48.7 Å². The van der Waals surface area contributed by atoms with Gasteiger partial charge in [0.2, 0.25) is 0 Å². The molecule has 1 aliphatic heterocycles. The van der Waals surface area contributed by atoms with Gasteiger partial charge in [0.05, 0.1) is 30.3 Å². The first-order chi connectivity index (χ1) is 17.8. The van der Waals surface area contributed by atoms with E-state index < -0.39 is 17.9 Å². The first-order valence-corrected chi connectivity index (χ1v) is 12.7. The highest BCUT2D eigenvalue weighted by molar-refractivity contribution is 6.31. The van der Waals surface area contributed by atoms with E-state index in [1.165, 1.54) is 12.1 Å². The van der Waals surface area contributed by atoms with Gasteiger partial charge in [-0.05, 0) is 85.7 Å². The molecular weight excluding hydrogens is 495 g/mol. The van der Waals surface area contributed by atoms with Gasteiger partial charge in [0.1, 0.15) is 11.6 Å². The van der Waals surface area contributed by atoms with Crippen molar-refractivity contribution in [2.24, 2.45) is 11.8 Å². The number of pyridine rings is 1. The molecule has 4 rings (SSSR count). The third kappa shape index (κ3) is 6.98. The minimum Gasteiger partial charge on any atom is -0.497 e. The lowest BCUT2D eigenvalue weighted by Crippen LogP contribution is -2.41. The molecule has 8 heteroatoms. The summed E-state index contributed by atoms with van der Waals surface area (Å²) in [6, 6.07) is 11.5. The Morgan fingerprint density at radius 2 is 2.11 bits per heavy atom. The zero-order chi connectivity index (χ0) is 26.4. The molecular formula is C29H30ClFN2O4. The predicted molar refractivity (Wildman–Crippen MR) is 141 cm³/mol. The quantitative estimate of drug-likeness (QED) is 0.388. The molecule has 3 atom stereocenters. The molecule has 37 heavy (non-hydrogen) atoms. The first-order valence-electron chi connectivity index (χ1n) is 12.3. The first kappa shape index (κ1) is 26.9. The lowest BCUT2D eigenvalue weighted by molar-refractivity contribution is -0.139. The molecule has 0 amide bonds. The van der Waals surface area contributed by atoms with Crippen LogP contribution in [0.2, 0.25) is 5.02 Å². The summed E-state index contributed by atoms with van der Waals surface area (Å²) >= 11 is 6.05. The van der Waals surface area contributed by atoms with Gasteiger partial charge in [0.25, 0.3) is 0 Å². The van der Waals surface area contributed by atoms with Crippen LogP contribution in [0.1, 0.15) is 42.9 Å². The Morgan fingerprint density at radius 1 is 1.27 bits per heavy atom. The third-order valence-corrected chi connectivity index (χ3v) is 7.33. The largest absolute Gasteiger partial charge is 0.497 e. The summed E-state index contributed by atoms with van der Waals surface area (Å²) in [4.78, 5) is 18.1. The maximum Gasteiger partial charge on any atom is 0.303 e. The number of nitrogens with zero attached hydrogens (tertiary/aromatic N) is 2. The Hall–Kier alpha value is -3.18. The van der Waals surface area contributed by atoms with Crippen molar-refractivity contribution in [2.45, 2.75) is 31.8 Å². The highest BCUT2D eigenvalue weighted by atomic mass is 35.5. The average Bonchev–Trinajstić information content (AvgIpc) is 2.88. The fraction of sp³-hybridized carbons (Fsp3) is 0.379. The van der Waals surface area contributed by atoms with E-state index in [4.69, 9.17) is 16.3 Å². The number of ether oxygens (including phenoxy) is 1. The van der Waals surface area contributed by atoms with Crippen molar-refractivity contribution < 1.29 is 24.1 Å². The average molecular weight is 525 g/mol. The number of aliphatic carboxylic acids is 1. The second kappa shape index (κ2) is 12.4. The van der Waals surface area contributed by atoms with Crippen LogP contribution < -0.4 is 4.74 Å². The molecule has 2 aromatic carbocycles. The number of benzene rings is 2. The third-order valence-electron chi connectivity index (χ3n) is 7.02. The van der Waals surface area contributed by atoms with E-state index in [2.05, 4.69) is 21.7 Å². The van der Waals surface area contributed by atoms with Crippen molar-refractivity contribution in [2.75, 3.05) is 26.7 Å². The lowest BCUT2D eigenvalue weighted by Gasteiger charge is -2.37. The number of hydrogen-bond donors (Lipinski definition) is 2. The van der Waals surface area contributed by atoms with Crippen molar-refractivity contribution in [3.63, 3.8) is 0 Å². The van der Waals surface area contributed by atoms with E-state index in [-0.39, 0.29) is 23.3 Å². The second-order valence-corrected chi connectivity index (χ2v) is 9.85. The zero-order valence-electron chi connectivity index (χ0n) is 20.7. The number of aliphatic hydroxyl groups is 1. The Bertz CT molecular complexity index is 1320. The normalized spacial score (nSPS) is 18.7. The van der Waals surface area contributed by atoms with Gasteiger partial charge in [0, 0.05) is 30.1 Å². The van der Waals surface area contributed by atoms with Crippen molar-refractivity contribution in [3.05, 3.63) is 70.6 Å². The molecule has 1 saturated heterocycles. The molecule has 2 N–H and O–H groups in total. The number of methoxy groups -OCH3 is 1. The topological polar surface area (TPSA) is 82.9 Å². The monoisotopic (exact) mass is 524 g/mol.